The first-order chi connectivity index (χ1) is 10.7. The molecular weight excluding hydrogens is 274 g/mol. The van der Waals surface area contributed by atoms with Gasteiger partial charge in [0.05, 0.1) is 5.56 Å². The van der Waals surface area contributed by atoms with Gasteiger partial charge in [-0.3, -0.25) is 0 Å². The number of rotatable bonds is 3. The summed E-state index contributed by atoms with van der Waals surface area (Å²) in [4.78, 5) is 12.7. The standard InChI is InChI=1S/C19H21NO2/c1-15-7-5-6-10-17(15)18(21)22-19(11-13-20-14-12-19)16-8-3-2-4-9-16/h2-10,20H,11-14H2,1H3. The lowest BCUT2D eigenvalue weighted by Crippen LogP contribution is -2.43. The van der Waals surface area contributed by atoms with Crippen LogP contribution in [0.15, 0.2) is 54.6 Å². The number of ether oxygens (including phenoxy) is 1. The van der Waals surface area contributed by atoms with Gasteiger partial charge in [0.15, 0.2) is 0 Å². The van der Waals surface area contributed by atoms with E-state index in [2.05, 4.69) is 17.4 Å². The van der Waals surface area contributed by atoms with Crippen LogP contribution in [0.1, 0.15) is 34.3 Å². The molecule has 1 N–H and O–H groups in total. The Morgan fingerprint density at radius 1 is 1.00 bits per heavy atom. The summed E-state index contributed by atoms with van der Waals surface area (Å²) < 4.78 is 6.05. The van der Waals surface area contributed by atoms with Gasteiger partial charge in [-0.05, 0) is 37.2 Å². The van der Waals surface area contributed by atoms with Gasteiger partial charge in [0.25, 0.3) is 0 Å². The van der Waals surface area contributed by atoms with Crippen molar-refractivity contribution in [2.24, 2.45) is 0 Å². The Morgan fingerprint density at radius 2 is 1.64 bits per heavy atom. The molecule has 0 spiro atoms. The van der Waals surface area contributed by atoms with E-state index in [1.54, 1.807) is 0 Å². The van der Waals surface area contributed by atoms with Crippen LogP contribution in [0.25, 0.3) is 0 Å². The van der Waals surface area contributed by atoms with Crippen molar-refractivity contribution in [2.75, 3.05) is 13.1 Å². The molecule has 114 valence electrons. The molecular formula is C19H21NO2. The minimum absolute atomic E-state index is 0.233. The van der Waals surface area contributed by atoms with Gasteiger partial charge in [-0.15, -0.1) is 0 Å². The smallest absolute Gasteiger partial charge is 0.339 e. The van der Waals surface area contributed by atoms with Gasteiger partial charge >= 0.3 is 5.97 Å². The number of benzene rings is 2. The summed E-state index contributed by atoms with van der Waals surface area (Å²) in [6.45, 7) is 3.65. The molecule has 3 rings (SSSR count). The van der Waals surface area contributed by atoms with Gasteiger partial charge in [0.2, 0.25) is 0 Å². The quantitative estimate of drug-likeness (QED) is 0.882. The van der Waals surface area contributed by atoms with Crippen molar-refractivity contribution in [3.8, 4) is 0 Å². The van der Waals surface area contributed by atoms with Crippen molar-refractivity contribution in [3.05, 3.63) is 71.3 Å². The van der Waals surface area contributed by atoms with Crippen LogP contribution in [-0.4, -0.2) is 19.1 Å². The Morgan fingerprint density at radius 3 is 2.32 bits per heavy atom. The first-order valence-corrected chi connectivity index (χ1v) is 7.76. The van der Waals surface area contributed by atoms with Crippen LogP contribution in [0, 0.1) is 6.92 Å². The lowest BCUT2D eigenvalue weighted by molar-refractivity contribution is -0.0379. The highest BCUT2D eigenvalue weighted by Gasteiger charge is 2.38. The average Bonchev–Trinajstić information content (AvgIpc) is 2.57. The molecule has 0 saturated carbocycles. The van der Waals surface area contributed by atoms with Crippen LogP contribution in [0.3, 0.4) is 0 Å². The van der Waals surface area contributed by atoms with Gasteiger partial charge in [0.1, 0.15) is 5.60 Å². The van der Waals surface area contributed by atoms with Gasteiger partial charge in [-0.25, -0.2) is 4.79 Å². The number of esters is 1. The van der Waals surface area contributed by atoms with Crippen molar-refractivity contribution in [1.29, 1.82) is 0 Å². The van der Waals surface area contributed by atoms with Crippen LogP contribution in [0.5, 0.6) is 0 Å². The van der Waals surface area contributed by atoms with E-state index in [4.69, 9.17) is 4.74 Å². The minimum Gasteiger partial charge on any atom is -0.450 e. The maximum Gasteiger partial charge on any atom is 0.339 e. The topological polar surface area (TPSA) is 38.3 Å². The zero-order valence-corrected chi connectivity index (χ0v) is 12.8. The van der Waals surface area contributed by atoms with E-state index in [9.17, 15) is 4.79 Å². The van der Waals surface area contributed by atoms with E-state index in [0.717, 1.165) is 37.1 Å². The predicted molar refractivity (Wildman–Crippen MR) is 86.8 cm³/mol. The summed E-state index contributed by atoms with van der Waals surface area (Å²) in [5.74, 6) is -0.233. The van der Waals surface area contributed by atoms with Crippen LogP contribution >= 0.6 is 0 Å². The van der Waals surface area contributed by atoms with Crippen molar-refractivity contribution in [1.82, 2.24) is 5.32 Å². The minimum atomic E-state index is -0.522. The van der Waals surface area contributed by atoms with Gasteiger partial charge in [-0.2, -0.15) is 0 Å². The van der Waals surface area contributed by atoms with E-state index in [0.29, 0.717) is 5.56 Å². The molecule has 3 nitrogen and oxygen atoms in total. The van der Waals surface area contributed by atoms with Gasteiger partial charge in [0, 0.05) is 12.8 Å². The van der Waals surface area contributed by atoms with Crippen LogP contribution in [-0.2, 0) is 10.3 Å². The lowest BCUT2D eigenvalue weighted by Gasteiger charge is -2.37. The number of carbonyl (C=O) groups excluding carboxylic acids is 1. The maximum atomic E-state index is 12.7. The largest absolute Gasteiger partial charge is 0.450 e. The monoisotopic (exact) mass is 295 g/mol. The molecule has 22 heavy (non-hydrogen) atoms. The van der Waals surface area contributed by atoms with Crippen molar-refractivity contribution in [2.45, 2.75) is 25.4 Å². The number of hydrogen-bond acceptors (Lipinski definition) is 3. The van der Waals surface area contributed by atoms with Crippen molar-refractivity contribution in [3.63, 3.8) is 0 Å². The van der Waals surface area contributed by atoms with E-state index in [1.165, 1.54) is 0 Å². The normalized spacial score (nSPS) is 17.0. The molecule has 0 bridgehead atoms. The highest BCUT2D eigenvalue weighted by atomic mass is 16.6. The second-order valence-electron chi connectivity index (χ2n) is 5.81. The molecule has 0 atom stereocenters. The van der Waals surface area contributed by atoms with Crippen molar-refractivity contribution >= 4 is 5.97 Å². The van der Waals surface area contributed by atoms with Crippen LogP contribution < -0.4 is 5.32 Å². The lowest BCUT2D eigenvalue weighted by atomic mass is 9.84. The Labute approximate surface area is 131 Å². The zero-order chi connectivity index (χ0) is 15.4. The molecule has 1 aliphatic rings. The second kappa shape index (κ2) is 6.32. The number of aryl methyl sites for hydroxylation is 1. The van der Waals surface area contributed by atoms with E-state index in [-0.39, 0.29) is 5.97 Å². The summed E-state index contributed by atoms with van der Waals surface area (Å²) >= 11 is 0. The first-order valence-electron chi connectivity index (χ1n) is 7.76. The molecule has 0 aliphatic carbocycles. The molecule has 1 fully saturated rings. The second-order valence-corrected chi connectivity index (χ2v) is 5.81. The third-order valence-electron chi connectivity index (χ3n) is 4.36. The Balaban J connectivity index is 1.91. The number of piperidine rings is 1. The Bertz CT molecular complexity index is 645. The molecule has 1 heterocycles. The summed E-state index contributed by atoms with van der Waals surface area (Å²) in [5.41, 5.74) is 2.16. The third-order valence-corrected chi connectivity index (χ3v) is 4.36. The molecule has 0 aromatic heterocycles. The highest BCUT2D eigenvalue weighted by molar-refractivity contribution is 5.91. The molecule has 2 aromatic rings. The zero-order valence-electron chi connectivity index (χ0n) is 12.8. The SMILES string of the molecule is Cc1ccccc1C(=O)OC1(c2ccccc2)CCNCC1. The number of nitrogens with one attached hydrogen (secondary N) is 1. The summed E-state index contributed by atoms with van der Waals surface area (Å²) in [6, 6.07) is 17.7. The summed E-state index contributed by atoms with van der Waals surface area (Å²) in [6.07, 6.45) is 1.60. The highest BCUT2D eigenvalue weighted by Crippen LogP contribution is 2.35. The molecule has 0 unspecified atom stereocenters. The van der Waals surface area contributed by atoms with Crippen LogP contribution in [0.4, 0.5) is 0 Å². The summed E-state index contributed by atoms with van der Waals surface area (Å²) in [5, 5.41) is 3.34. The van der Waals surface area contributed by atoms with E-state index >= 15 is 0 Å². The maximum absolute atomic E-state index is 12.7. The van der Waals surface area contributed by atoms with Gasteiger partial charge in [-0.1, -0.05) is 48.5 Å². The fourth-order valence-electron chi connectivity index (χ4n) is 3.06. The summed E-state index contributed by atoms with van der Waals surface area (Å²) in [7, 11) is 0. The van der Waals surface area contributed by atoms with Crippen LogP contribution in [0.2, 0.25) is 0 Å². The number of carbonyl (C=O) groups is 1. The molecule has 1 aliphatic heterocycles. The fraction of sp³-hybridized carbons (Fsp3) is 0.316. The Hall–Kier alpha value is -2.13. The molecule has 0 amide bonds. The predicted octanol–water partition coefficient (Wildman–Crippen LogP) is 3.43. The van der Waals surface area contributed by atoms with Crippen molar-refractivity contribution < 1.29 is 9.53 Å². The van der Waals surface area contributed by atoms with E-state index in [1.807, 2.05) is 49.4 Å². The molecule has 0 radical (unpaired) electrons. The Kier molecular flexibility index (Phi) is 4.25. The third kappa shape index (κ3) is 2.90. The molecule has 2 aromatic carbocycles. The fourth-order valence-corrected chi connectivity index (χ4v) is 3.06. The molecule has 3 heteroatoms. The molecule has 1 saturated heterocycles. The first kappa shape index (κ1) is 14.8. The number of hydrogen-bond donors (Lipinski definition) is 1. The van der Waals surface area contributed by atoms with Gasteiger partial charge < -0.3 is 10.1 Å². The average molecular weight is 295 g/mol. The van der Waals surface area contributed by atoms with E-state index < -0.39 is 5.60 Å².